The molecule has 0 aliphatic heterocycles. The lowest BCUT2D eigenvalue weighted by Crippen LogP contribution is -2.16. The molecule has 0 bridgehead atoms. The molecule has 27 heavy (non-hydrogen) atoms. The van der Waals surface area contributed by atoms with Crippen molar-refractivity contribution in [1.29, 1.82) is 0 Å². The van der Waals surface area contributed by atoms with Crippen LogP contribution in [0.25, 0.3) is 10.9 Å². The molecule has 2 aromatic carbocycles. The first-order chi connectivity index (χ1) is 12.8. The van der Waals surface area contributed by atoms with Crippen molar-refractivity contribution in [2.75, 3.05) is 6.61 Å². The van der Waals surface area contributed by atoms with Crippen LogP contribution in [0.15, 0.2) is 42.5 Å². The zero-order valence-electron chi connectivity index (χ0n) is 15.3. The van der Waals surface area contributed by atoms with Crippen molar-refractivity contribution >= 4 is 22.8 Å². The maximum absolute atomic E-state index is 13.6. The topological polar surface area (TPSA) is 68.5 Å². The number of benzene rings is 2. The van der Waals surface area contributed by atoms with Crippen LogP contribution >= 0.6 is 0 Å². The van der Waals surface area contributed by atoms with Crippen LogP contribution < -0.4 is 0 Å². The lowest BCUT2D eigenvalue weighted by atomic mass is 9.98. The minimum Gasteiger partial charge on any atom is -0.508 e. The molecule has 0 aliphatic carbocycles. The average molecular weight is 369 g/mol. The summed E-state index contributed by atoms with van der Waals surface area (Å²) in [7, 11) is 0. The van der Waals surface area contributed by atoms with Gasteiger partial charge in [0.15, 0.2) is 0 Å². The second-order valence-electron chi connectivity index (χ2n) is 6.33. The van der Waals surface area contributed by atoms with E-state index in [1.807, 2.05) is 0 Å². The fourth-order valence-electron chi connectivity index (χ4n) is 3.37. The number of halogens is 1. The van der Waals surface area contributed by atoms with E-state index in [1.165, 1.54) is 41.0 Å². The Morgan fingerprint density at radius 2 is 1.96 bits per heavy atom. The number of phenols is 1. The van der Waals surface area contributed by atoms with E-state index in [0.717, 1.165) is 0 Å². The van der Waals surface area contributed by atoms with Gasteiger partial charge in [-0.3, -0.25) is 14.2 Å². The van der Waals surface area contributed by atoms with Crippen molar-refractivity contribution in [2.45, 2.75) is 26.7 Å². The van der Waals surface area contributed by atoms with Gasteiger partial charge < -0.3 is 9.84 Å². The van der Waals surface area contributed by atoms with Gasteiger partial charge in [0.25, 0.3) is 5.91 Å². The largest absolute Gasteiger partial charge is 0.508 e. The molecule has 0 aliphatic rings. The van der Waals surface area contributed by atoms with E-state index >= 15 is 0 Å². The SMILES string of the molecule is CCOC(=O)C(C)c1c(C)n(C(=O)c2cccc(F)c2)c2ccc(O)cc12. The van der Waals surface area contributed by atoms with Gasteiger partial charge in [0.05, 0.1) is 18.0 Å². The predicted molar refractivity (Wildman–Crippen MR) is 99.5 cm³/mol. The molecule has 140 valence electrons. The molecule has 3 aromatic rings. The quantitative estimate of drug-likeness (QED) is 0.702. The molecular weight excluding hydrogens is 349 g/mol. The Morgan fingerprint density at radius 3 is 2.63 bits per heavy atom. The molecule has 1 heterocycles. The number of hydrogen-bond donors (Lipinski definition) is 1. The molecule has 0 saturated heterocycles. The molecule has 0 saturated carbocycles. The Labute approximate surface area is 156 Å². The molecule has 5 nitrogen and oxygen atoms in total. The standard InChI is InChI=1S/C21H20FNO4/c1-4-27-21(26)12(2)19-13(3)23(18-9-8-16(24)11-17(18)19)20(25)14-6-5-7-15(22)10-14/h5-12,24H,4H2,1-3H3. The summed E-state index contributed by atoms with van der Waals surface area (Å²) in [5, 5.41) is 10.5. The first-order valence-electron chi connectivity index (χ1n) is 8.66. The smallest absolute Gasteiger partial charge is 0.313 e. The minimum absolute atomic E-state index is 0.0233. The van der Waals surface area contributed by atoms with Crippen molar-refractivity contribution in [2.24, 2.45) is 0 Å². The van der Waals surface area contributed by atoms with Crippen molar-refractivity contribution in [3.8, 4) is 5.75 Å². The van der Waals surface area contributed by atoms with E-state index in [2.05, 4.69) is 0 Å². The number of hydrogen-bond acceptors (Lipinski definition) is 4. The molecule has 6 heteroatoms. The number of aromatic nitrogens is 1. The van der Waals surface area contributed by atoms with Crippen molar-refractivity contribution in [3.05, 3.63) is 65.1 Å². The Balaban J connectivity index is 2.24. The molecule has 0 spiro atoms. The van der Waals surface area contributed by atoms with Crippen molar-refractivity contribution < 1.29 is 23.8 Å². The number of carbonyl (C=O) groups is 2. The van der Waals surface area contributed by atoms with Gasteiger partial charge >= 0.3 is 5.97 Å². The normalized spacial score (nSPS) is 12.1. The Morgan fingerprint density at radius 1 is 1.22 bits per heavy atom. The number of nitrogens with zero attached hydrogens (tertiary/aromatic N) is 1. The summed E-state index contributed by atoms with van der Waals surface area (Å²) in [6.07, 6.45) is 0. The third kappa shape index (κ3) is 3.30. The number of carbonyl (C=O) groups excluding carboxylic acids is 2. The number of ether oxygens (including phenoxy) is 1. The highest BCUT2D eigenvalue weighted by Crippen LogP contribution is 2.35. The predicted octanol–water partition coefficient (Wildman–Crippen LogP) is 4.15. The van der Waals surface area contributed by atoms with Gasteiger partial charge in [-0.15, -0.1) is 0 Å². The third-order valence-corrected chi connectivity index (χ3v) is 4.58. The summed E-state index contributed by atoms with van der Waals surface area (Å²) < 4.78 is 20.1. The maximum atomic E-state index is 13.6. The third-order valence-electron chi connectivity index (χ3n) is 4.58. The number of fused-ring (bicyclic) bond motifs is 1. The van der Waals surface area contributed by atoms with E-state index < -0.39 is 23.6 Å². The fraction of sp³-hybridized carbons (Fsp3) is 0.238. The summed E-state index contributed by atoms with van der Waals surface area (Å²) in [5.74, 6) is -1.94. The average Bonchev–Trinajstić information content (AvgIpc) is 2.91. The van der Waals surface area contributed by atoms with E-state index in [-0.39, 0.29) is 17.9 Å². The first-order valence-corrected chi connectivity index (χ1v) is 8.66. The molecule has 1 aromatic heterocycles. The van der Waals surface area contributed by atoms with Crippen LogP contribution in [-0.2, 0) is 9.53 Å². The van der Waals surface area contributed by atoms with Gasteiger partial charge in [-0.25, -0.2) is 4.39 Å². The van der Waals surface area contributed by atoms with Gasteiger partial charge in [-0.1, -0.05) is 6.07 Å². The van der Waals surface area contributed by atoms with Crippen LogP contribution in [-0.4, -0.2) is 28.2 Å². The van der Waals surface area contributed by atoms with Gasteiger partial charge in [-0.05, 0) is 62.7 Å². The summed E-state index contributed by atoms with van der Waals surface area (Å²) in [4.78, 5) is 25.4. The second-order valence-corrected chi connectivity index (χ2v) is 6.33. The lowest BCUT2D eigenvalue weighted by Gasteiger charge is -2.12. The van der Waals surface area contributed by atoms with Crippen molar-refractivity contribution in [1.82, 2.24) is 4.57 Å². The number of phenolic OH excluding ortho intramolecular Hbond substituents is 1. The van der Waals surface area contributed by atoms with E-state index in [9.17, 15) is 19.1 Å². The first kappa shape index (κ1) is 18.6. The van der Waals surface area contributed by atoms with Gasteiger partial charge in [0.1, 0.15) is 11.6 Å². The highest BCUT2D eigenvalue weighted by Gasteiger charge is 2.27. The molecule has 0 amide bonds. The van der Waals surface area contributed by atoms with Gasteiger partial charge in [0, 0.05) is 16.6 Å². The Hall–Kier alpha value is -3.15. The van der Waals surface area contributed by atoms with Crippen LogP contribution in [0, 0.1) is 12.7 Å². The number of aromatic hydroxyl groups is 1. The number of esters is 1. The molecule has 0 radical (unpaired) electrons. The Kier molecular flexibility index (Phi) is 4.99. The maximum Gasteiger partial charge on any atom is 0.313 e. The monoisotopic (exact) mass is 369 g/mol. The number of rotatable bonds is 4. The summed E-state index contributed by atoms with van der Waals surface area (Å²) in [6.45, 7) is 5.38. The molecular formula is C21H20FNO4. The van der Waals surface area contributed by atoms with Crippen LogP contribution in [0.5, 0.6) is 5.75 Å². The zero-order chi connectivity index (χ0) is 19.7. The molecule has 1 atom stereocenters. The van der Waals surface area contributed by atoms with Crippen LogP contribution in [0.3, 0.4) is 0 Å². The minimum atomic E-state index is -0.629. The van der Waals surface area contributed by atoms with Gasteiger partial charge in [-0.2, -0.15) is 0 Å². The Bertz CT molecular complexity index is 1040. The van der Waals surface area contributed by atoms with Crippen LogP contribution in [0.1, 0.15) is 41.4 Å². The highest BCUT2D eigenvalue weighted by atomic mass is 19.1. The van der Waals surface area contributed by atoms with Crippen LogP contribution in [0.2, 0.25) is 0 Å². The molecule has 3 rings (SSSR count). The summed E-state index contributed by atoms with van der Waals surface area (Å²) >= 11 is 0. The summed E-state index contributed by atoms with van der Waals surface area (Å²) in [6, 6.07) is 10.0. The van der Waals surface area contributed by atoms with E-state index in [1.54, 1.807) is 26.8 Å². The molecule has 1 N–H and O–H groups in total. The van der Waals surface area contributed by atoms with Crippen molar-refractivity contribution in [3.63, 3.8) is 0 Å². The van der Waals surface area contributed by atoms with E-state index in [0.29, 0.717) is 22.2 Å². The molecule has 0 fully saturated rings. The van der Waals surface area contributed by atoms with Crippen LogP contribution in [0.4, 0.5) is 4.39 Å². The summed E-state index contributed by atoms with van der Waals surface area (Å²) in [5.41, 5.74) is 1.87. The zero-order valence-corrected chi connectivity index (χ0v) is 15.3. The lowest BCUT2D eigenvalue weighted by molar-refractivity contribution is -0.144. The second kappa shape index (κ2) is 7.23. The highest BCUT2D eigenvalue weighted by molar-refractivity contribution is 6.05. The van der Waals surface area contributed by atoms with E-state index in [4.69, 9.17) is 4.74 Å². The molecule has 1 unspecified atom stereocenters. The fourth-order valence-corrected chi connectivity index (χ4v) is 3.37. The van der Waals surface area contributed by atoms with Gasteiger partial charge in [0.2, 0.25) is 0 Å².